The zero-order valence-electron chi connectivity index (χ0n) is 14.6. The molecule has 26 heavy (non-hydrogen) atoms. The van der Waals surface area contributed by atoms with Gasteiger partial charge in [-0.05, 0) is 42.3 Å². The van der Waals surface area contributed by atoms with Crippen LogP contribution in [0.4, 0.5) is 5.69 Å². The Hall–Kier alpha value is -2.97. The maximum Gasteiger partial charge on any atom is 0.266 e. The van der Waals surface area contributed by atoms with Crippen molar-refractivity contribution < 1.29 is 14.3 Å². The highest BCUT2D eigenvalue weighted by Gasteiger charge is 2.14. The van der Waals surface area contributed by atoms with Crippen molar-refractivity contribution in [3.63, 3.8) is 0 Å². The van der Waals surface area contributed by atoms with Crippen molar-refractivity contribution in [3.8, 4) is 17.6 Å². The molecule has 0 atom stereocenters. The summed E-state index contributed by atoms with van der Waals surface area (Å²) in [5, 5.41) is 12.4. The first-order valence-electron chi connectivity index (χ1n) is 8.07. The average molecular weight is 371 g/mol. The number of hydrogen-bond acceptors (Lipinski definition) is 4. The van der Waals surface area contributed by atoms with Gasteiger partial charge in [-0.1, -0.05) is 36.7 Å². The van der Waals surface area contributed by atoms with Gasteiger partial charge in [0.15, 0.2) is 11.5 Å². The minimum absolute atomic E-state index is 0.0470. The zero-order chi connectivity index (χ0) is 18.9. The Bertz CT molecular complexity index is 842. The SMILES string of the molecule is CCCOc1c(Cl)cc(/C=C(\C#N)C(=O)Nc2ccccc2)cc1OC. The van der Waals surface area contributed by atoms with E-state index in [-0.39, 0.29) is 5.57 Å². The van der Waals surface area contributed by atoms with Crippen molar-refractivity contribution in [2.24, 2.45) is 0 Å². The van der Waals surface area contributed by atoms with Crippen LogP contribution in [0.1, 0.15) is 18.9 Å². The largest absolute Gasteiger partial charge is 0.493 e. The van der Waals surface area contributed by atoms with Crippen molar-refractivity contribution in [1.29, 1.82) is 5.26 Å². The van der Waals surface area contributed by atoms with Gasteiger partial charge in [0.05, 0.1) is 18.7 Å². The molecule has 0 aliphatic heterocycles. The van der Waals surface area contributed by atoms with Crippen molar-refractivity contribution in [2.45, 2.75) is 13.3 Å². The molecule has 0 spiro atoms. The number of anilines is 1. The van der Waals surface area contributed by atoms with Crippen LogP contribution in [0.25, 0.3) is 6.08 Å². The van der Waals surface area contributed by atoms with Crippen LogP contribution in [0.2, 0.25) is 5.02 Å². The standard InChI is InChI=1S/C20H19ClN2O3/c1-3-9-26-19-17(21)11-14(12-18(19)25-2)10-15(13-22)20(24)23-16-7-5-4-6-8-16/h4-8,10-12H,3,9H2,1-2H3,(H,23,24)/b15-10+. The maximum absolute atomic E-state index is 12.3. The number of rotatable bonds is 7. The molecule has 0 unspecified atom stereocenters. The normalized spacial score (nSPS) is 10.8. The first-order chi connectivity index (χ1) is 12.6. The molecular formula is C20H19ClN2O3. The van der Waals surface area contributed by atoms with Gasteiger partial charge in [-0.15, -0.1) is 0 Å². The summed E-state index contributed by atoms with van der Waals surface area (Å²) in [6, 6.07) is 14.1. The van der Waals surface area contributed by atoms with E-state index in [1.165, 1.54) is 13.2 Å². The van der Waals surface area contributed by atoms with Crippen LogP contribution in [0.3, 0.4) is 0 Å². The van der Waals surface area contributed by atoms with E-state index in [1.807, 2.05) is 19.1 Å². The van der Waals surface area contributed by atoms with E-state index in [9.17, 15) is 10.1 Å². The molecule has 0 heterocycles. The van der Waals surface area contributed by atoms with Gasteiger partial charge in [0.2, 0.25) is 0 Å². The fourth-order valence-electron chi connectivity index (χ4n) is 2.20. The third-order valence-corrected chi connectivity index (χ3v) is 3.69. The predicted octanol–water partition coefficient (Wildman–Crippen LogP) is 4.68. The average Bonchev–Trinajstić information content (AvgIpc) is 2.65. The van der Waals surface area contributed by atoms with E-state index in [2.05, 4.69) is 5.32 Å². The lowest BCUT2D eigenvalue weighted by molar-refractivity contribution is -0.112. The van der Waals surface area contributed by atoms with E-state index in [1.54, 1.807) is 36.4 Å². The lowest BCUT2D eigenvalue weighted by atomic mass is 10.1. The first-order valence-corrected chi connectivity index (χ1v) is 8.45. The molecule has 0 aromatic heterocycles. The smallest absolute Gasteiger partial charge is 0.266 e. The fraction of sp³-hybridized carbons (Fsp3) is 0.200. The van der Waals surface area contributed by atoms with Crippen molar-refractivity contribution >= 4 is 29.3 Å². The van der Waals surface area contributed by atoms with E-state index < -0.39 is 5.91 Å². The van der Waals surface area contributed by atoms with E-state index in [4.69, 9.17) is 21.1 Å². The van der Waals surface area contributed by atoms with Gasteiger partial charge < -0.3 is 14.8 Å². The van der Waals surface area contributed by atoms with E-state index in [0.29, 0.717) is 34.4 Å². The Kier molecular flexibility index (Phi) is 7.07. The highest BCUT2D eigenvalue weighted by Crippen LogP contribution is 2.37. The number of amides is 1. The summed E-state index contributed by atoms with van der Waals surface area (Å²) in [5.41, 5.74) is 1.13. The van der Waals surface area contributed by atoms with Crippen LogP contribution in [-0.4, -0.2) is 19.6 Å². The predicted molar refractivity (Wildman–Crippen MR) is 102 cm³/mol. The summed E-state index contributed by atoms with van der Waals surface area (Å²) in [5.74, 6) is 0.387. The number of benzene rings is 2. The van der Waals surface area contributed by atoms with E-state index in [0.717, 1.165) is 6.42 Å². The quantitative estimate of drug-likeness (QED) is 0.567. The molecule has 1 amide bonds. The summed E-state index contributed by atoms with van der Waals surface area (Å²) >= 11 is 6.27. The number of ether oxygens (including phenoxy) is 2. The van der Waals surface area contributed by atoms with Crippen molar-refractivity contribution in [2.75, 3.05) is 19.0 Å². The Morgan fingerprint density at radius 3 is 2.65 bits per heavy atom. The molecule has 134 valence electrons. The molecule has 0 radical (unpaired) electrons. The number of nitrogens with zero attached hydrogens (tertiary/aromatic N) is 1. The van der Waals surface area contributed by atoms with Crippen molar-refractivity contribution in [3.05, 3.63) is 58.6 Å². The van der Waals surface area contributed by atoms with Crippen LogP contribution in [0.15, 0.2) is 48.0 Å². The highest BCUT2D eigenvalue weighted by molar-refractivity contribution is 6.32. The van der Waals surface area contributed by atoms with Crippen LogP contribution < -0.4 is 14.8 Å². The van der Waals surface area contributed by atoms with Gasteiger partial charge in [-0.2, -0.15) is 5.26 Å². The topological polar surface area (TPSA) is 71.3 Å². The van der Waals surface area contributed by atoms with Gasteiger partial charge in [0.25, 0.3) is 5.91 Å². The number of carbonyl (C=O) groups excluding carboxylic acids is 1. The van der Waals surface area contributed by atoms with Gasteiger partial charge in [0.1, 0.15) is 11.6 Å². The minimum atomic E-state index is -0.500. The van der Waals surface area contributed by atoms with E-state index >= 15 is 0 Å². The fourth-order valence-corrected chi connectivity index (χ4v) is 2.48. The Balaban J connectivity index is 2.29. The third kappa shape index (κ3) is 5.01. The monoisotopic (exact) mass is 370 g/mol. The van der Waals surface area contributed by atoms with Crippen LogP contribution in [-0.2, 0) is 4.79 Å². The molecule has 1 N–H and O–H groups in total. The summed E-state index contributed by atoms with van der Waals surface area (Å²) in [6.07, 6.45) is 2.29. The Morgan fingerprint density at radius 2 is 2.04 bits per heavy atom. The second-order valence-electron chi connectivity index (χ2n) is 5.37. The van der Waals surface area contributed by atoms with Crippen molar-refractivity contribution in [1.82, 2.24) is 0 Å². The number of para-hydroxylation sites is 1. The summed E-state index contributed by atoms with van der Waals surface area (Å²) in [6.45, 7) is 2.50. The lowest BCUT2D eigenvalue weighted by Crippen LogP contribution is -2.13. The second-order valence-corrected chi connectivity index (χ2v) is 5.78. The Morgan fingerprint density at radius 1 is 1.31 bits per heavy atom. The molecule has 0 bridgehead atoms. The molecule has 0 aliphatic rings. The Labute approximate surface area is 157 Å². The molecule has 5 nitrogen and oxygen atoms in total. The van der Waals surface area contributed by atoms with Gasteiger partial charge in [-0.3, -0.25) is 4.79 Å². The molecule has 2 aromatic carbocycles. The first kappa shape index (κ1) is 19.4. The molecular weight excluding hydrogens is 352 g/mol. The van der Waals surface area contributed by atoms with Gasteiger partial charge in [0, 0.05) is 5.69 Å². The third-order valence-electron chi connectivity index (χ3n) is 3.41. The second kappa shape index (κ2) is 9.50. The molecule has 0 fully saturated rings. The molecule has 6 heteroatoms. The van der Waals surface area contributed by atoms with Crippen LogP contribution in [0, 0.1) is 11.3 Å². The molecule has 2 aromatic rings. The van der Waals surface area contributed by atoms with Crippen LogP contribution in [0.5, 0.6) is 11.5 Å². The number of methoxy groups -OCH3 is 1. The summed E-state index contributed by atoms with van der Waals surface area (Å²) in [7, 11) is 1.51. The number of carbonyl (C=O) groups is 1. The zero-order valence-corrected chi connectivity index (χ0v) is 15.3. The molecule has 0 saturated heterocycles. The number of nitrogens with one attached hydrogen (secondary N) is 1. The molecule has 2 rings (SSSR count). The molecule has 0 aliphatic carbocycles. The lowest BCUT2D eigenvalue weighted by Gasteiger charge is -2.13. The minimum Gasteiger partial charge on any atom is -0.493 e. The summed E-state index contributed by atoms with van der Waals surface area (Å²) in [4.78, 5) is 12.3. The van der Waals surface area contributed by atoms with Gasteiger partial charge >= 0.3 is 0 Å². The highest BCUT2D eigenvalue weighted by atomic mass is 35.5. The summed E-state index contributed by atoms with van der Waals surface area (Å²) < 4.78 is 10.9. The number of halogens is 1. The number of hydrogen-bond donors (Lipinski definition) is 1. The van der Waals surface area contributed by atoms with Gasteiger partial charge in [-0.25, -0.2) is 0 Å². The number of nitriles is 1. The maximum atomic E-state index is 12.3. The van der Waals surface area contributed by atoms with Crippen LogP contribution >= 0.6 is 11.6 Å². The molecule has 0 saturated carbocycles.